The Morgan fingerprint density at radius 1 is 1.53 bits per heavy atom. The summed E-state index contributed by atoms with van der Waals surface area (Å²) in [6.07, 6.45) is 3.86. The Kier molecular flexibility index (Phi) is 2.57. The van der Waals surface area contributed by atoms with E-state index < -0.39 is 0 Å². The second-order valence-corrected chi connectivity index (χ2v) is 3.31. The molecule has 15 heavy (non-hydrogen) atoms. The Bertz CT molecular complexity index is 404. The summed E-state index contributed by atoms with van der Waals surface area (Å²) in [5, 5.41) is 9.78. The minimum absolute atomic E-state index is 0.672. The summed E-state index contributed by atoms with van der Waals surface area (Å²) in [6.45, 7) is 0.782. The standard InChI is InChI=1S/C9H14N6/c1-10-8-12-9(14-13-8)15(2)6-7-3-4-11-5-7/h3-5,11H,6H2,1-2H3,(H2,10,12,13,14). The van der Waals surface area contributed by atoms with Gasteiger partial charge in [0, 0.05) is 33.0 Å². The van der Waals surface area contributed by atoms with Crippen LogP contribution in [0.3, 0.4) is 0 Å². The van der Waals surface area contributed by atoms with Crippen LogP contribution in [0.25, 0.3) is 0 Å². The fourth-order valence-electron chi connectivity index (χ4n) is 1.34. The highest BCUT2D eigenvalue weighted by atomic mass is 15.4. The van der Waals surface area contributed by atoms with E-state index >= 15 is 0 Å². The van der Waals surface area contributed by atoms with Crippen molar-refractivity contribution in [1.82, 2.24) is 20.2 Å². The molecule has 0 atom stereocenters. The highest BCUT2D eigenvalue weighted by Crippen LogP contribution is 2.10. The Morgan fingerprint density at radius 2 is 2.40 bits per heavy atom. The summed E-state index contributed by atoms with van der Waals surface area (Å²) < 4.78 is 0. The lowest BCUT2D eigenvalue weighted by molar-refractivity contribution is 0.872. The molecule has 0 saturated carbocycles. The van der Waals surface area contributed by atoms with Crippen molar-refractivity contribution in [2.75, 3.05) is 24.3 Å². The van der Waals surface area contributed by atoms with Gasteiger partial charge in [0.25, 0.3) is 0 Å². The lowest BCUT2D eigenvalue weighted by atomic mass is 10.3. The molecular formula is C9H14N6. The maximum Gasteiger partial charge on any atom is 0.246 e. The van der Waals surface area contributed by atoms with Crippen LogP contribution in [0.5, 0.6) is 0 Å². The van der Waals surface area contributed by atoms with Gasteiger partial charge in [0.1, 0.15) is 0 Å². The predicted molar refractivity (Wildman–Crippen MR) is 58.8 cm³/mol. The molecule has 0 amide bonds. The predicted octanol–water partition coefficient (Wildman–Crippen LogP) is 0.811. The number of anilines is 2. The van der Waals surface area contributed by atoms with Gasteiger partial charge in [-0.2, -0.15) is 4.98 Å². The van der Waals surface area contributed by atoms with Crippen LogP contribution in [0.1, 0.15) is 5.56 Å². The van der Waals surface area contributed by atoms with Gasteiger partial charge in [0.15, 0.2) is 0 Å². The van der Waals surface area contributed by atoms with Crippen molar-refractivity contribution in [2.45, 2.75) is 6.54 Å². The van der Waals surface area contributed by atoms with Crippen molar-refractivity contribution in [3.8, 4) is 0 Å². The highest BCUT2D eigenvalue weighted by Gasteiger charge is 2.07. The summed E-state index contributed by atoms with van der Waals surface area (Å²) in [5.41, 5.74) is 1.20. The first-order valence-electron chi connectivity index (χ1n) is 4.72. The van der Waals surface area contributed by atoms with Crippen LogP contribution >= 0.6 is 0 Å². The van der Waals surface area contributed by atoms with Crippen molar-refractivity contribution in [1.29, 1.82) is 0 Å². The molecule has 6 nitrogen and oxygen atoms in total. The summed E-state index contributed by atoms with van der Waals surface area (Å²) in [7, 11) is 3.76. The Hall–Kier alpha value is -1.98. The van der Waals surface area contributed by atoms with Crippen molar-refractivity contribution in [3.63, 3.8) is 0 Å². The molecular weight excluding hydrogens is 192 g/mol. The zero-order valence-corrected chi connectivity index (χ0v) is 8.78. The number of aromatic amines is 2. The number of nitrogens with one attached hydrogen (secondary N) is 3. The first-order chi connectivity index (χ1) is 7.29. The molecule has 80 valence electrons. The molecule has 0 aromatic carbocycles. The van der Waals surface area contributed by atoms with Gasteiger partial charge in [-0.3, -0.25) is 0 Å². The topological polar surface area (TPSA) is 72.6 Å². The lowest BCUT2D eigenvalue weighted by Gasteiger charge is -2.12. The SMILES string of the molecule is CNc1nc(N(C)Cc2cc[nH]c2)n[nH]1. The third-order valence-electron chi connectivity index (χ3n) is 2.13. The van der Waals surface area contributed by atoms with E-state index in [1.54, 1.807) is 7.05 Å². The normalized spacial score (nSPS) is 10.3. The summed E-state index contributed by atoms with van der Waals surface area (Å²) >= 11 is 0. The van der Waals surface area contributed by atoms with Crippen LogP contribution in [-0.4, -0.2) is 34.3 Å². The Balaban J connectivity index is 2.04. The first kappa shape index (κ1) is 9.57. The van der Waals surface area contributed by atoms with Gasteiger partial charge in [-0.25, -0.2) is 5.10 Å². The molecule has 0 unspecified atom stereocenters. The van der Waals surface area contributed by atoms with Crippen LogP contribution in [0.4, 0.5) is 11.9 Å². The smallest absolute Gasteiger partial charge is 0.246 e. The maximum absolute atomic E-state index is 4.25. The molecule has 0 saturated heterocycles. The van der Waals surface area contributed by atoms with Gasteiger partial charge in [-0.05, 0) is 11.6 Å². The zero-order chi connectivity index (χ0) is 10.7. The monoisotopic (exact) mass is 206 g/mol. The first-order valence-corrected chi connectivity index (χ1v) is 4.72. The number of rotatable bonds is 4. The van der Waals surface area contributed by atoms with E-state index in [1.165, 1.54) is 5.56 Å². The Labute approximate surface area is 87.7 Å². The molecule has 0 aliphatic rings. The molecule has 0 aliphatic carbocycles. The van der Waals surface area contributed by atoms with Crippen LogP contribution in [0, 0.1) is 0 Å². The van der Waals surface area contributed by atoms with E-state index in [0.29, 0.717) is 11.9 Å². The maximum atomic E-state index is 4.25. The largest absolute Gasteiger partial charge is 0.367 e. The molecule has 0 bridgehead atoms. The van der Waals surface area contributed by atoms with Crippen LogP contribution in [-0.2, 0) is 6.54 Å². The molecule has 2 rings (SSSR count). The summed E-state index contributed by atoms with van der Waals surface area (Å²) in [4.78, 5) is 9.24. The van der Waals surface area contributed by atoms with Gasteiger partial charge in [0.2, 0.25) is 11.9 Å². The number of H-pyrrole nitrogens is 2. The van der Waals surface area contributed by atoms with Gasteiger partial charge < -0.3 is 15.2 Å². The van der Waals surface area contributed by atoms with E-state index in [4.69, 9.17) is 0 Å². The highest BCUT2D eigenvalue weighted by molar-refractivity contribution is 5.36. The molecule has 0 aliphatic heterocycles. The minimum Gasteiger partial charge on any atom is -0.367 e. The Morgan fingerprint density at radius 3 is 3.00 bits per heavy atom. The number of nitrogens with zero attached hydrogens (tertiary/aromatic N) is 3. The summed E-state index contributed by atoms with van der Waals surface area (Å²) in [5.74, 6) is 1.35. The average Bonchev–Trinajstić information content (AvgIpc) is 2.86. The van der Waals surface area contributed by atoms with Gasteiger partial charge >= 0.3 is 0 Å². The van der Waals surface area contributed by atoms with E-state index in [2.05, 4.69) is 25.5 Å². The van der Waals surface area contributed by atoms with E-state index in [0.717, 1.165) is 6.54 Å². The zero-order valence-electron chi connectivity index (χ0n) is 8.78. The molecule has 2 heterocycles. The van der Waals surface area contributed by atoms with Crippen molar-refractivity contribution >= 4 is 11.9 Å². The minimum atomic E-state index is 0.672. The van der Waals surface area contributed by atoms with Gasteiger partial charge in [-0.15, -0.1) is 5.10 Å². The fourth-order valence-corrected chi connectivity index (χ4v) is 1.34. The molecule has 0 fully saturated rings. The quantitative estimate of drug-likeness (QED) is 0.692. The van der Waals surface area contributed by atoms with Crippen molar-refractivity contribution in [3.05, 3.63) is 24.0 Å². The number of aromatic nitrogens is 4. The molecule has 0 radical (unpaired) electrons. The fraction of sp³-hybridized carbons (Fsp3) is 0.333. The average molecular weight is 206 g/mol. The third-order valence-corrected chi connectivity index (χ3v) is 2.13. The molecule has 2 aromatic rings. The van der Waals surface area contributed by atoms with Crippen molar-refractivity contribution in [2.24, 2.45) is 0 Å². The molecule has 6 heteroatoms. The molecule has 0 spiro atoms. The number of hydrogen-bond acceptors (Lipinski definition) is 4. The van der Waals surface area contributed by atoms with E-state index in [1.807, 2.05) is 30.4 Å². The van der Waals surface area contributed by atoms with Gasteiger partial charge in [-0.1, -0.05) is 0 Å². The lowest BCUT2D eigenvalue weighted by Crippen LogP contribution is -2.17. The van der Waals surface area contributed by atoms with Crippen molar-refractivity contribution < 1.29 is 0 Å². The second kappa shape index (κ2) is 4.04. The van der Waals surface area contributed by atoms with Crippen LogP contribution in [0.15, 0.2) is 18.5 Å². The summed E-state index contributed by atoms with van der Waals surface area (Å²) in [6, 6.07) is 2.03. The van der Waals surface area contributed by atoms with Crippen LogP contribution < -0.4 is 10.2 Å². The van der Waals surface area contributed by atoms with Gasteiger partial charge in [0.05, 0.1) is 0 Å². The molecule has 3 N–H and O–H groups in total. The second-order valence-electron chi connectivity index (χ2n) is 3.31. The van der Waals surface area contributed by atoms with Crippen LogP contribution in [0.2, 0.25) is 0 Å². The third kappa shape index (κ3) is 2.09. The number of hydrogen-bond donors (Lipinski definition) is 3. The van der Waals surface area contributed by atoms with E-state index in [9.17, 15) is 0 Å². The molecule has 2 aromatic heterocycles. The van der Waals surface area contributed by atoms with E-state index in [-0.39, 0.29) is 0 Å².